The lowest BCUT2D eigenvalue weighted by atomic mass is 10.1. The number of aryl methyl sites for hydroxylation is 1. The average Bonchev–Trinajstić information content (AvgIpc) is 3.16. The van der Waals surface area contributed by atoms with Crippen molar-refractivity contribution in [2.45, 2.75) is 38.1 Å². The number of aromatic nitrogens is 2. The second-order valence-electron chi connectivity index (χ2n) is 7.10. The number of benzene rings is 1. The van der Waals surface area contributed by atoms with Crippen molar-refractivity contribution < 1.29 is 14.1 Å². The summed E-state index contributed by atoms with van der Waals surface area (Å²) < 4.78 is 5.07. The quantitative estimate of drug-likeness (QED) is 0.526. The zero-order valence-electron chi connectivity index (χ0n) is 17.1. The monoisotopic (exact) mass is 424 g/mol. The van der Waals surface area contributed by atoms with Crippen LogP contribution in [0.2, 0.25) is 0 Å². The first kappa shape index (κ1) is 21.6. The zero-order chi connectivity index (χ0) is 21.5. The molecule has 0 fully saturated rings. The van der Waals surface area contributed by atoms with E-state index in [0.29, 0.717) is 22.9 Å². The van der Waals surface area contributed by atoms with Crippen molar-refractivity contribution in [3.63, 3.8) is 0 Å². The van der Waals surface area contributed by atoms with Gasteiger partial charge in [-0.05, 0) is 36.8 Å². The molecule has 2 heterocycles. The van der Waals surface area contributed by atoms with E-state index in [2.05, 4.69) is 20.8 Å². The number of nitrogens with one attached hydrogen (secondary N) is 2. The molecule has 30 heavy (non-hydrogen) atoms. The van der Waals surface area contributed by atoms with E-state index >= 15 is 0 Å². The number of nitrogens with zero attached hydrogens (tertiary/aromatic N) is 2. The molecule has 0 radical (unpaired) electrons. The van der Waals surface area contributed by atoms with Gasteiger partial charge in [0.05, 0.1) is 11.3 Å². The van der Waals surface area contributed by atoms with Crippen LogP contribution in [0, 0.1) is 12.8 Å². The largest absolute Gasteiger partial charge is 0.361 e. The Morgan fingerprint density at radius 2 is 1.93 bits per heavy atom. The van der Waals surface area contributed by atoms with Crippen molar-refractivity contribution in [3.05, 3.63) is 71.2 Å². The van der Waals surface area contributed by atoms with E-state index in [9.17, 15) is 9.59 Å². The number of anilines is 1. The second kappa shape index (κ2) is 10.1. The molecule has 0 aliphatic heterocycles. The summed E-state index contributed by atoms with van der Waals surface area (Å²) in [5.41, 5.74) is 2.99. The number of rotatable bonds is 8. The van der Waals surface area contributed by atoms with Gasteiger partial charge in [-0.3, -0.25) is 9.59 Å². The maximum Gasteiger partial charge on any atom is 0.254 e. The smallest absolute Gasteiger partial charge is 0.254 e. The molecule has 0 bridgehead atoms. The third-order valence-corrected chi connectivity index (χ3v) is 5.29. The summed E-state index contributed by atoms with van der Waals surface area (Å²) in [5.74, 6) is 1.01. The lowest BCUT2D eigenvalue weighted by molar-refractivity contribution is -0.118. The van der Waals surface area contributed by atoms with Gasteiger partial charge in [0.1, 0.15) is 10.8 Å². The van der Waals surface area contributed by atoms with Gasteiger partial charge in [0.15, 0.2) is 0 Å². The van der Waals surface area contributed by atoms with Crippen molar-refractivity contribution >= 4 is 29.3 Å². The molecule has 1 aromatic carbocycles. The average molecular weight is 425 g/mol. The van der Waals surface area contributed by atoms with Gasteiger partial charge in [0.25, 0.3) is 5.91 Å². The van der Waals surface area contributed by atoms with Crippen molar-refractivity contribution in [3.8, 4) is 0 Å². The van der Waals surface area contributed by atoms with E-state index in [1.54, 1.807) is 18.3 Å². The van der Waals surface area contributed by atoms with Crippen LogP contribution in [0.15, 0.2) is 58.2 Å². The minimum atomic E-state index is -0.195. The lowest BCUT2D eigenvalue weighted by Gasteiger charge is -2.10. The van der Waals surface area contributed by atoms with Gasteiger partial charge in [-0.15, -0.1) is 0 Å². The van der Waals surface area contributed by atoms with Crippen LogP contribution in [0.3, 0.4) is 0 Å². The van der Waals surface area contributed by atoms with Gasteiger partial charge < -0.3 is 15.2 Å². The van der Waals surface area contributed by atoms with Gasteiger partial charge >= 0.3 is 0 Å². The standard InChI is InChI=1S/C22H24N4O3S/c1-14(2)20(27)25-17-8-6-16(7-9-17)12-24-21(28)19-5-4-10-23-22(19)30-13-18-11-15(3)29-26-18/h4-11,14H,12-13H2,1-3H3,(H,24,28)(H,25,27). The number of pyridine rings is 1. The van der Waals surface area contributed by atoms with Gasteiger partial charge in [0.2, 0.25) is 5.91 Å². The molecule has 0 saturated carbocycles. The molecule has 0 aliphatic rings. The lowest BCUT2D eigenvalue weighted by Crippen LogP contribution is -2.23. The number of carbonyl (C=O) groups excluding carboxylic acids is 2. The summed E-state index contributed by atoms with van der Waals surface area (Å²) in [7, 11) is 0. The van der Waals surface area contributed by atoms with Crippen molar-refractivity contribution in [2.75, 3.05) is 5.32 Å². The van der Waals surface area contributed by atoms with E-state index in [-0.39, 0.29) is 17.7 Å². The Bertz CT molecular complexity index is 1020. The molecule has 0 aliphatic carbocycles. The summed E-state index contributed by atoms with van der Waals surface area (Å²) in [6, 6.07) is 12.8. The van der Waals surface area contributed by atoms with E-state index in [1.807, 2.05) is 51.1 Å². The van der Waals surface area contributed by atoms with Crippen LogP contribution < -0.4 is 10.6 Å². The van der Waals surface area contributed by atoms with Crippen LogP contribution in [0.25, 0.3) is 0 Å². The predicted molar refractivity (Wildman–Crippen MR) is 116 cm³/mol. The van der Waals surface area contributed by atoms with Crippen LogP contribution in [0.1, 0.15) is 41.2 Å². The summed E-state index contributed by atoms with van der Waals surface area (Å²) in [4.78, 5) is 28.8. The van der Waals surface area contributed by atoms with Gasteiger partial charge in [-0.1, -0.05) is 42.9 Å². The fraction of sp³-hybridized carbons (Fsp3) is 0.273. The molecule has 7 nitrogen and oxygen atoms in total. The molecule has 3 aromatic rings. The van der Waals surface area contributed by atoms with Gasteiger partial charge in [-0.25, -0.2) is 4.98 Å². The second-order valence-corrected chi connectivity index (χ2v) is 8.06. The Labute approximate surface area is 179 Å². The molecular formula is C22H24N4O3S. The van der Waals surface area contributed by atoms with E-state index in [4.69, 9.17) is 4.52 Å². The SMILES string of the molecule is Cc1cc(CSc2ncccc2C(=O)NCc2ccc(NC(=O)C(C)C)cc2)no1. The van der Waals surface area contributed by atoms with E-state index < -0.39 is 0 Å². The molecule has 156 valence electrons. The minimum absolute atomic E-state index is 0.0292. The Morgan fingerprint density at radius 1 is 1.17 bits per heavy atom. The number of amides is 2. The fourth-order valence-electron chi connectivity index (χ4n) is 2.58. The molecule has 2 N–H and O–H groups in total. The Hall–Kier alpha value is -3.13. The first-order chi connectivity index (χ1) is 14.4. The number of carbonyl (C=O) groups is 2. The Balaban J connectivity index is 1.57. The van der Waals surface area contributed by atoms with Gasteiger partial charge in [0, 0.05) is 36.2 Å². The maximum absolute atomic E-state index is 12.7. The van der Waals surface area contributed by atoms with E-state index in [0.717, 1.165) is 22.7 Å². The molecule has 2 aromatic heterocycles. The van der Waals surface area contributed by atoms with E-state index in [1.165, 1.54) is 11.8 Å². The molecule has 0 unspecified atom stereocenters. The first-order valence-electron chi connectivity index (χ1n) is 9.60. The van der Waals surface area contributed by atoms with Crippen molar-refractivity contribution in [2.24, 2.45) is 5.92 Å². The first-order valence-corrected chi connectivity index (χ1v) is 10.6. The minimum Gasteiger partial charge on any atom is -0.361 e. The van der Waals surface area contributed by atoms with Crippen LogP contribution in [-0.4, -0.2) is 22.0 Å². The normalized spacial score (nSPS) is 10.8. The van der Waals surface area contributed by atoms with Crippen molar-refractivity contribution in [1.82, 2.24) is 15.5 Å². The van der Waals surface area contributed by atoms with Crippen LogP contribution >= 0.6 is 11.8 Å². The molecule has 0 saturated heterocycles. The highest BCUT2D eigenvalue weighted by Gasteiger charge is 2.14. The fourth-order valence-corrected chi connectivity index (χ4v) is 3.45. The third kappa shape index (κ3) is 5.93. The topological polar surface area (TPSA) is 97.1 Å². The zero-order valence-corrected chi connectivity index (χ0v) is 18.0. The highest BCUT2D eigenvalue weighted by Crippen LogP contribution is 2.24. The van der Waals surface area contributed by atoms with Gasteiger partial charge in [-0.2, -0.15) is 0 Å². The molecule has 0 atom stereocenters. The Kier molecular flexibility index (Phi) is 7.24. The summed E-state index contributed by atoms with van der Waals surface area (Å²) in [6.07, 6.45) is 1.66. The molecule has 0 spiro atoms. The summed E-state index contributed by atoms with van der Waals surface area (Å²) in [6.45, 7) is 5.90. The Morgan fingerprint density at radius 3 is 2.60 bits per heavy atom. The van der Waals surface area contributed by atoms with Crippen LogP contribution in [-0.2, 0) is 17.1 Å². The number of hydrogen-bond donors (Lipinski definition) is 2. The highest BCUT2D eigenvalue weighted by atomic mass is 32.2. The number of hydrogen-bond acceptors (Lipinski definition) is 6. The maximum atomic E-state index is 12.7. The summed E-state index contributed by atoms with van der Waals surface area (Å²) >= 11 is 1.44. The van der Waals surface area contributed by atoms with Crippen LogP contribution in [0.5, 0.6) is 0 Å². The molecular weight excluding hydrogens is 400 g/mol. The molecule has 2 amide bonds. The molecule has 3 rings (SSSR count). The molecule has 8 heteroatoms. The number of thioether (sulfide) groups is 1. The van der Waals surface area contributed by atoms with Crippen molar-refractivity contribution in [1.29, 1.82) is 0 Å². The summed E-state index contributed by atoms with van der Waals surface area (Å²) in [5, 5.41) is 10.4. The highest BCUT2D eigenvalue weighted by molar-refractivity contribution is 7.98. The third-order valence-electron chi connectivity index (χ3n) is 4.25. The predicted octanol–water partition coefficient (Wildman–Crippen LogP) is 4.19. The van der Waals surface area contributed by atoms with Crippen LogP contribution in [0.4, 0.5) is 5.69 Å².